The number of H-pyrrole nitrogens is 1. The number of ether oxygens (including phenoxy) is 1. The second-order valence-electron chi connectivity index (χ2n) is 4.45. The van der Waals surface area contributed by atoms with Crippen LogP contribution in [0.25, 0.3) is 11.3 Å². The second kappa shape index (κ2) is 5.24. The molecule has 0 radical (unpaired) electrons. The summed E-state index contributed by atoms with van der Waals surface area (Å²) in [6, 6.07) is 11.4. The van der Waals surface area contributed by atoms with Crippen LogP contribution in [0.4, 0.5) is 5.69 Å². The molecule has 0 atom stereocenters. The number of aromatic amines is 1. The molecule has 1 fully saturated rings. The van der Waals surface area contributed by atoms with E-state index in [1.807, 2.05) is 12.1 Å². The largest absolute Gasteiger partial charge is 0.378 e. The topological polar surface area (TPSA) is 58.2 Å². The Morgan fingerprint density at radius 1 is 1.05 bits per heavy atom. The molecule has 0 aliphatic carbocycles. The summed E-state index contributed by atoms with van der Waals surface area (Å²) in [4.78, 5) is 13.3. The Morgan fingerprint density at radius 2 is 1.79 bits per heavy atom. The van der Waals surface area contributed by atoms with Gasteiger partial charge in [-0.05, 0) is 18.2 Å². The normalized spacial score (nSPS) is 15.5. The molecule has 1 saturated heterocycles. The molecule has 2 aromatic rings. The van der Waals surface area contributed by atoms with E-state index in [0.29, 0.717) is 0 Å². The first-order valence-electron chi connectivity index (χ1n) is 6.32. The van der Waals surface area contributed by atoms with Crippen LogP contribution in [-0.2, 0) is 4.74 Å². The SMILES string of the molecule is O=c1ccc(-c2ccc(N3CCOCC3)cc2)n[nH]1. The Kier molecular flexibility index (Phi) is 3.29. The lowest BCUT2D eigenvalue weighted by Gasteiger charge is -2.28. The number of benzene rings is 1. The summed E-state index contributed by atoms with van der Waals surface area (Å²) in [5, 5.41) is 6.46. The highest BCUT2D eigenvalue weighted by atomic mass is 16.5. The van der Waals surface area contributed by atoms with Crippen molar-refractivity contribution in [3.05, 3.63) is 46.8 Å². The van der Waals surface area contributed by atoms with Gasteiger partial charge in [0.15, 0.2) is 0 Å². The summed E-state index contributed by atoms with van der Waals surface area (Å²) in [6.45, 7) is 3.42. The van der Waals surface area contributed by atoms with E-state index in [1.54, 1.807) is 6.07 Å². The molecule has 0 bridgehead atoms. The molecule has 0 spiro atoms. The number of anilines is 1. The number of nitrogens with one attached hydrogen (secondary N) is 1. The minimum Gasteiger partial charge on any atom is -0.378 e. The highest BCUT2D eigenvalue weighted by molar-refractivity contribution is 5.62. The maximum atomic E-state index is 11.0. The summed E-state index contributed by atoms with van der Waals surface area (Å²) in [5.74, 6) is 0. The van der Waals surface area contributed by atoms with E-state index in [-0.39, 0.29) is 5.56 Å². The van der Waals surface area contributed by atoms with Gasteiger partial charge in [0.2, 0.25) is 0 Å². The third kappa shape index (κ3) is 2.66. The third-order valence-electron chi connectivity index (χ3n) is 3.22. The molecule has 0 saturated carbocycles. The fourth-order valence-corrected chi connectivity index (χ4v) is 2.17. The van der Waals surface area contributed by atoms with Gasteiger partial charge < -0.3 is 9.64 Å². The van der Waals surface area contributed by atoms with Gasteiger partial charge in [-0.1, -0.05) is 12.1 Å². The smallest absolute Gasteiger partial charge is 0.264 e. The lowest BCUT2D eigenvalue weighted by molar-refractivity contribution is 0.122. The molecule has 1 aromatic heterocycles. The molecule has 0 unspecified atom stereocenters. The van der Waals surface area contributed by atoms with Crippen LogP contribution >= 0.6 is 0 Å². The van der Waals surface area contributed by atoms with Crippen molar-refractivity contribution in [3.8, 4) is 11.3 Å². The van der Waals surface area contributed by atoms with E-state index in [9.17, 15) is 4.79 Å². The molecule has 0 amide bonds. The predicted octanol–water partition coefficient (Wildman–Crippen LogP) is 1.27. The monoisotopic (exact) mass is 257 g/mol. The number of rotatable bonds is 2. The zero-order chi connectivity index (χ0) is 13.1. The average Bonchev–Trinajstić information content (AvgIpc) is 2.49. The molecule has 1 aromatic carbocycles. The maximum absolute atomic E-state index is 11.0. The predicted molar refractivity (Wildman–Crippen MR) is 73.3 cm³/mol. The molecule has 98 valence electrons. The summed E-state index contributed by atoms with van der Waals surface area (Å²) < 4.78 is 5.34. The first-order valence-corrected chi connectivity index (χ1v) is 6.32. The van der Waals surface area contributed by atoms with Crippen molar-refractivity contribution in [1.82, 2.24) is 10.2 Å². The first kappa shape index (κ1) is 11.9. The standard InChI is InChI=1S/C14H15N3O2/c18-14-6-5-13(15-16-14)11-1-3-12(4-2-11)17-7-9-19-10-8-17/h1-6H,7-10H2,(H,16,18). The van der Waals surface area contributed by atoms with E-state index in [1.165, 1.54) is 11.8 Å². The van der Waals surface area contributed by atoms with Crippen LogP contribution < -0.4 is 10.5 Å². The third-order valence-corrected chi connectivity index (χ3v) is 3.22. The summed E-state index contributed by atoms with van der Waals surface area (Å²) in [6.07, 6.45) is 0. The van der Waals surface area contributed by atoms with Crippen LogP contribution in [0, 0.1) is 0 Å². The van der Waals surface area contributed by atoms with Crippen molar-refractivity contribution >= 4 is 5.69 Å². The van der Waals surface area contributed by atoms with E-state index in [0.717, 1.165) is 37.6 Å². The van der Waals surface area contributed by atoms with Gasteiger partial charge in [-0.2, -0.15) is 5.10 Å². The van der Waals surface area contributed by atoms with Crippen molar-refractivity contribution in [3.63, 3.8) is 0 Å². The van der Waals surface area contributed by atoms with Gasteiger partial charge in [0.25, 0.3) is 5.56 Å². The van der Waals surface area contributed by atoms with Crippen molar-refractivity contribution in [2.45, 2.75) is 0 Å². The maximum Gasteiger partial charge on any atom is 0.264 e. The first-order chi connectivity index (χ1) is 9.33. The second-order valence-corrected chi connectivity index (χ2v) is 4.45. The minimum atomic E-state index is -0.186. The number of hydrogen-bond donors (Lipinski definition) is 1. The molecule has 2 heterocycles. The number of hydrogen-bond acceptors (Lipinski definition) is 4. The minimum absolute atomic E-state index is 0.186. The lowest BCUT2D eigenvalue weighted by Crippen LogP contribution is -2.36. The van der Waals surface area contributed by atoms with Crippen LogP contribution in [0.15, 0.2) is 41.2 Å². The van der Waals surface area contributed by atoms with Crippen LogP contribution in [0.3, 0.4) is 0 Å². The van der Waals surface area contributed by atoms with E-state index in [2.05, 4.69) is 27.2 Å². The highest BCUT2D eigenvalue weighted by Gasteiger charge is 2.11. The van der Waals surface area contributed by atoms with E-state index < -0.39 is 0 Å². The Hall–Kier alpha value is -2.14. The van der Waals surface area contributed by atoms with Gasteiger partial charge in [-0.15, -0.1) is 0 Å². The Labute approximate surface area is 110 Å². The fraction of sp³-hybridized carbons (Fsp3) is 0.286. The van der Waals surface area contributed by atoms with Crippen molar-refractivity contribution in [1.29, 1.82) is 0 Å². The van der Waals surface area contributed by atoms with Gasteiger partial charge in [0, 0.05) is 30.4 Å². The highest BCUT2D eigenvalue weighted by Crippen LogP contribution is 2.21. The van der Waals surface area contributed by atoms with Crippen molar-refractivity contribution in [2.24, 2.45) is 0 Å². The van der Waals surface area contributed by atoms with Gasteiger partial charge >= 0.3 is 0 Å². The van der Waals surface area contributed by atoms with Gasteiger partial charge in [-0.3, -0.25) is 4.79 Å². The molecule has 3 rings (SSSR count). The molecule has 5 heteroatoms. The van der Waals surface area contributed by atoms with Crippen molar-refractivity contribution < 1.29 is 4.74 Å². The molecule has 5 nitrogen and oxygen atoms in total. The summed E-state index contributed by atoms with van der Waals surface area (Å²) in [7, 11) is 0. The Bertz CT molecular complexity index is 580. The summed E-state index contributed by atoms with van der Waals surface area (Å²) >= 11 is 0. The van der Waals surface area contributed by atoms with Crippen LogP contribution in [0.2, 0.25) is 0 Å². The molecule has 1 aliphatic rings. The Morgan fingerprint density at radius 3 is 2.42 bits per heavy atom. The molecule has 1 N–H and O–H groups in total. The molecular formula is C14H15N3O2. The molecule has 1 aliphatic heterocycles. The quantitative estimate of drug-likeness (QED) is 0.880. The Balaban J connectivity index is 1.82. The van der Waals surface area contributed by atoms with Gasteiger partial charge in [0.05, 0.1) is 18.9 Å². The zero-order valence-corrected chi connectivity index (χ0v) is 10.5. The van der Waals surface area contributed by atoms with Crippen LogP contribution in [-0.4, -0.2) is 36.5 Å². The zero-order valence-electron chi connectivity index (χ0n) is 10.5. The number of aromatic nitrogens is 2. The van der Waals surface area contributed by atoms with Gasteiger partial charge in [-0.25, -0.2) is 5.10 Å². The number of nitrogens with zero attached hydrogens (tertiary/aromatic N) is 2. The fourth-order valence-electron chi connectivity index (χ4n) is 2.17. The van der Waals surface area contributed by atoms with E-state index in [4.69, 9.17) is 4.74 Å². The molecule has 19 heavy (non-hydrogen) atoms. The van der Waals surface area contributed by atoms with Crippen LogP contribution in [0.1, 0.15) is 0 Å². The van der Waals surface area contributed by atoms with Gasteiger partial charge in [0.1, 0.15) is 0 Å². The van der Waals surface area contributed by atoms with E-state index >= 15 is 0 Å². The molecular weight excluding hydrogens is 242 g/mol. The lowest BCUT2D eigenvalue weighted by atomic mass is 10.1. The summed E-state index contributed by atoms with van der Waals surface area (Å²) in [5.41, 5.74) is 2.77. The average molecular weight is 257 g/mol. The number of morpholine rings is 1. The van der Waals surface area contributed by atoms with Crippen LogP contribution in [0.5, 0.6) is 0 Å². The van der Waals surface area contributed by atoms with Crippen molar-refractivity contribution in [2.75, 3.05) is 31.2 Å².